The number of rotatable bonds is 5. The highest BCUT2D eigenvalue weighted by molar-refractivity contribution is 7.18. The van der Waals surface area contributed by atoms with Crippen molar-refractivity contribution in [1.29, 1.82) is 0 Å². The maximum Gasteiger partial charge on any atom is 0.259 e. The van der Waals surface area contributed by atoms with Gasteiger partial charge in [0.05, 0.1) is 11.9 Å². The van der Waals surface area contributed by atoms with Gasteiger partial charge in [-0.3, -0.25) is 4.79 Å². The molecule has 2 aromatic heterocycles. The fourth-order valence-electron chi connectivity index (χ4n) is 3.81. The molecule has 1 aromatic carbocycles. The molecule has 0 aliphatic heterocycles. The van der Waals surface area contributed by atoms with E-state index in [0.29, 0.717) is 6.54 Å². The van der Waals surface area contributed by atoms with Crippen LogP contribution in [0.2, 0.25) is 0 Å². The Labute approximate surface area is 157 Å². The zero-order valence-electron chi connectivity index (χ0n) is 15.4. The number of aromatic amines is 1. The Morgan fingerprint density at radius 3 is 2.77 bits per heavy atom. The molecule has 1 aliphatic carbocycles. The van der Waals surface area contributed by atoms with Crippen LogP contribution in [0.3, 0.4) is 0 Å². The van der Waals surface area contributed by atoms with Crippen molar-refractivity contribution in [2.24, 2.45) is 0 Å². The molecule has 2 N–H and O–H groups in total. The lowest BCUT2D eigenvalue weighted by atomic mass is 9.97. The molecule has 4 nitrogen and oxygen atoms in total. The largest absolute Gasteiger partial charge is 0.309 e. The van der Waals surface area contributed by atoms with Gasteiger partial charge in [0.1, 0.15) is 10.7 Å². The SMILES string of the molecule is CC[C@H](NCc1nc2sc3c(c2c(=O)[nH]1)CCCC3)c1ccc(C)cc1. The molecular formula is C21H25N3OS. The van der Waals surface area contributed by atoms with E-state index in [9.17, 15) is 4.79 Å². The number of nitrogens with one attached hydrogen (secondary N) is 2. The third kappa shape index (κ3) is 3.33. The Morgan fingerprint density at radius 2 is 2.00 bits per heavy atom. The second-order valence-electron chi connectivity index (χ2n) is 7.16. The summed E-state index contributed by atoms with van der Waals surface area (Å²) in [7, 11) is 0. The number of hydrogen-bond acceptors (Lipinski definition) is 4. The standard InChI is InChI=1S/C21H25N3OS/c1-3-16(14-10-8-13(2)9-11-14)22-12-18-23-20(25)19-15-6-4-5-7-17(15)26-21(19)24-18/h8-11,16,22H,3-7,12H2,1-2H3,(H,23,24,25)/t16-/m0/s1. The fraction of sp³-hybridized carbons (Fsp3) is 0.429. The van der Waals surface area contributed by atoms with Gasteiger partial charge in [0, 0.05) is 10.9 Å². The number of H-pyrrole nitrogens is 1. The van der Waals surface area contributed by atoms with E-state index >= 15 is 0 Å². The summed E-state index contributed by atoms with van der Waals surface area (Å²) >= 11 is 1.71. The number of aryl methyl sites for hydroxylation is 3. The van der Waals surface area contributed by atoms with Gasteiger partial charge < -0.3 is 10.3 Å². The number of thiophene rings is 1. The molecule has 5 heteroatoms. The Bertz CT molecular complexity index is 971. The molecule has 136 valence electrons. The lowest BCUT2D eigenvalue weighted by Gasteiger charge is -2.17. The number of benzene rings is 1. The maximum atomic E-state index is 12.6. The van der Waals surface area contributed by atoms with E-state index in [0.717, 1.165) is 35.3 Å². The van der Waals surface area contributed by atoms with Gasteiger partial charge in [-0.25, -0.2) is 4.98 Å². The van der Waals surface area contributed by atoms with Crippen LogP contribution in [-0.2, 0) is 19.4 Å². The average Bonchev–Trinajstić information content (AvgIpc) is 3.02. The van der Waals surface area contributed by atoms with Crippen LogP contribution in [0.4, 0.5) is 0 Å². The molecule has 2 heterocycles. The molecule has 3 aromatic rings. The Morgan fingerprint density at radius 1 is 1.23 bits per heavy atom. The molecular weight excluding hydrogens is 342 g/mol. The van der Waals surface area contributed by atoms with E-state index in [1.165, 1.54) is 34.4 Å². The summed E-state index contributed by atoms with van der Waals surface area (Å²) in [5, 5.41) is 4.38. The Hall–Kier alpha value is -1.98. The predicted octanol–water partition coefficient (Wildman–Crippen LogP) is 4.41. The van der Waals surface area contributed by atoms with Crippen LogP contribution in [0.1, 0.15) is 59.6 Å². The lowest BCUT2D eigenvalue weighted by molar-refractivity contribution is 0.508. The molecule has 0 saturated heterocycles. The molecule has 0 spiro atoms. The van der Waals surface area contributed by atoms with E-state index in [1.807, 2.05) is 0 Å². The minimum Gasteiger partial charge on any atom is -0.309 e. The van der Waals surface area contributed by atoms with Crippen LogP contribution in [0.5, 0.6) is 0 Å². The second-order valence-corrected chi connectivity index (χ2v) is 8.24. The first-order chi connectivity index (χ1) is 12.7. The van der Waals surface area contributed by atoms with Gasteiger partial charge in [0.2, 0.25) is 0 Å². The summed E-state index contributed by atoms with van der Waals surface area (Å²) < 4.78 is 0. The second kappa shape index (κ2) is 7.33. The van der Waals surface area contributed by atoms with Gasteiger partial charge in [-0.1, -0.05) is 36.8 Å². The van der Waals surface area contributed by atoms with Crippen molar-refractivity contribution in [2.75, 3.05) is 0 Å². The highest BCUT2D eigenvalue weighted by atomic mass is 32.1. The van der Waals surface area contributed by atoms with Gasteiger partial charge in [0.15, 0.2) is 0 Å². The van der Waals surface area contributed by atoms with Gasteiger partial charge >= 0.3 is 0 Å². The van der Waals surface area contributed by atoms with Crippen LogP contribution in [-0.4, -0.2) is 9.97 Å². The van der Waals surface area contributed by atoms with Crippen molar-refractivity contribution >= 4 is 21.6 Å². The number of fused-ring (bicyclic) bond motifs is 3. The molecule has 1 atom stereocenters. The van der Waals surface area contributed by atoms with Gasteiger partial charge in [-0.15, -0.1) is 11.3 Å². The van der Waals surface area contributed by atoms with E-state index < -0.39 is 0 Å². The number of aromatic nitrogens is 2. The van der Waals surface area contributed by atoms with Gasteiger partial charge in [-0.2, -0.15) is 0 Å². The molecule has 26 heavy (non-hydrogen) atoms. The zero-order chi connectivity index (χ0) is 18.1. The van der Waals surface area contributed by atoms with Crippen LogP contribution in [0.25, 0.3) is 10.2 Å². The van der Waals surface area contributed by atoms with Crippen LogP contribution in [0.15, 0.2) is 29.1 Å². The molecule has 1 aliphatic rings. The van der Waals surface area contributed by atoms with Crippen LogP contribution < -0.4 is 10.9 Å². The summed E-state index contributed by atoms with van der Waals surface area (Å²) in [4.78, 5) is 22.7. The fourth-order valence-corrected chi connectivity index (χ4v) is 5.09. The molecule has 0 bridgehead atoms. The minimum absolute atomic E-state index is 0.0228. The van der Waals surface area contributed by atoms with Crippen molar-refractivity contribution in [3.8, 4) is 0 Å². The molecule has 4 rings (SSSR count). The van der Waals surface area contributed by atoms with Crippen molar-refractivity contribution in [3.63, 3.8) is 0 Å². The van der Waals surface area contributed by atoms with E-state index in [2.05, 4.69) is 48.4 Å². The Kier molecular flexibility index (Phi) is 4.92. The topological polar surface area (TPSA) is 57.8 Å². The molecule has 0 amide bonds. The predicted molar refractivity (Wildman–Crippen MR) is 108 cm³/mol. The van der Waals surface area contributed by atoms with Crippen molar-refractivity contribution < 1.29 is 0 Å². The minimum atomic E-state index is 0.0228. The van der Waals surface area contributed by atoms with Crippen molar-refractivity contribution in [3.05, 3.63) is 62.0 Å². The molecule has 0 radical (unpaired) electrons. The summed E-state index contributed by atoms with van der Waals surface area (Å²) in [6.07, 6.45) is 5.50. The lowest BCUT2D eigenvalue weighted by Crippen LogP contribution is -2.23. The third-order valence-corrected chi connectivity index (χ3v) is 6.46. The summed E-state index contributed by atoms with van der Waals surface area (Å²) in [5.74, 6) is 0.728. The highest BCUT2D eigenvalue weighted by Gasteiger charge is 2.20. The molecule has 0 saturated carbocycles. The summed E-state index contributed by atoms with van der Waals surface area (Å²) in [6.45, 7) is 4.84. The van der Waals surface area contributed by atoms with E-state index in [1.54, 1.807) is 11.3 Å². The van der Waals surface area contributed by atoms with Gasteiger partial charge in [-0.05, 0) is 50.2 Å². The summed E-state index contributed by atoms with van der Waals surface area (Å²) in [5.41, 5.74) is 3.81. The zero-order valence-corrected chi connectivity index (χ0v) is 16.2. The number of hydrogen-bond donors (Lipinski definition) is 2. The normalized spacial score (nSPS) is 15.2. The average molecular weight is 368 g/mol. The van der Waals surface area contributed by atoms with Crippen LogP contribution in [0, 0.1) is 6.92 Å². The van der Waals surface area contributed by atoms with Crippen molar-refractivity contribution in [2.45, 2.75) is 58.5 Å². The van der Waals surface area contributed by atoms with Gasteiger partial charge in [0.25, 0.3) is 5.56 Å². The molecule has 0 fully saturated rings. The van der Waals surface area contributed by atoms with Crippen molar-refractivity contribution in [1.82, 2.24) is 15.3 Å². The monoisotopic (exact) mass is 367 g/mol. The first-order valence-electron chi connectivity index (χ1n) is 9.49. The first kappa shape index (κ1) is 17.4. The van der Waals surface area contributed by atoms with E-state index in [4.69, 9.17) is 4.98 Å². The summed E-state index contributed by atoms with van der Waals surface area (Å²) in [6, 6.07) is 8.88. The number of nitrogens with zero attached hydrogens (tertiary/aromatic N) is 1. The Balaban J connectivity index is 1.57. The quantitative estimate of drug-likeness (QED) is 0.702. The maximum absolute atomic E-state index is 12.6. The van der Waals surface area contributed by atoms with E-state index in [-0.39, 0.29) is 11.6 Å². The first-order valence-corrected chi connectivity index (χ1v) is 10.3. The third-order valence-electron chi connectivity index (χ3n) is 5.28. The smallest absolute Gasteiger partial charge is 0.259 e. The van der Waals surface area contributed by atoms with Crippen LogP contribution >= 0.6 is 11.3 Å². The molecule has 0 unspecified atom stereocenters. The highest BCUT2D eigenvalue weighted by Crippen LogP contribution is 2.33.